The molecule has 0 saturated heterocycles. The van der Waals surface area contributed by atoms with Crippen molar-refractivity contribution in [1.29, 1.82) is 0 Å². The lowest BCUT2D eigenvalue weighted by atomic mass is 10.0. The molecule has 2 nitrogen and oxygen atoms in total. The van der Waals surface area contributed by atoms with Crippen molar-refractivity contribution in [1.82, 2.24) is 0 Å². The second-order valence-electron chi connectivity index (χ2n) is 2.58. The molecule has 2 unspecified atom stereocenters. The molecule has 0 aromatic carbocycles. The molecular weight excluding hydrogens is 116 g/mol. The van der Waals surface area contributed by atoms with Crippen LogP contribution in [0.4, 0.5) is 0 Å². The SMILES string of the molecule is CC(O)C(C)CCCO. The second kappa shape index (κ2) is 4.77. The molecule has 0 aromatic heterocycles. The van der Waals surface area contributed by atoms with Gasteiger partial charge in [0.1, 0.15) is 0 Å². The maximum absolute atomic E-state index is 8.97. The van der Waals surface area contributed by atoms with Gasteiger partial charge in [0.15, 0.2) is 0 Å². The highest BCUT2D eigenvalue weighted by Crippen LogP contribution is 2.08. The lowest BCUT2D eigenvalue weighted by Crippen LogP contribution is -2.12. The molecule has 0 fully saturated rings. The molecule has 0 spiro atoms. The Balaban J connectivity index is 3.16. The van der Waals surface area contributed by atoms with E-state index < -0.39 is 0 Å². The van der Waals surface area contributed by atoms with Crippen molar-refractivity contribution in [3.63, 3.8) is 0 Å². The van der Waals surface area contributed by atoms with Crippen LogP contribution in [0.1, 0.15) is 26.7 Å². The summed E-state index contributed by atoms with van der Waals surface area (Å²) in [5.41, 5.74) is 0. The highest BCUT2D eigenvalue weighted by atomic mass is 16.3. The van der Waals surface area contributed by atoms with Crippen LogP contribution in [-0.2, 0) is 0 Å². The summed E-state index contributed by atoms with van der Waals surface area (Å²) in [7, 11) is 0. The van der Waals surface area contributed by atoms with E-state index in [1.807, 2.05) is 6.92 Å². The molecule has 56 valence electrons. The average Bonchev–Trinajstić information content (AvgIpc) is 1.82. The lowest BCUT2D eigenvalue weighted by Gasteiger charge is -2.12. The molecule has 9 heavy (non-hydrogen) atoms. The second-order valence-corrected chi connectivity index (χ2v) is 2.58. The fourth-order valence-corrected chi connectivity index (χ4v) is 0.654. The molecule has 0 bridgehead atoms. The summed E-state index contributed by atoms with van der Waals surface area (Å²) in [4.78, 5) is 0. The van der Waals surface area contributed by atoms with Gasteiger partial charge in [0, 0.05) is 6.61 Å². The van der Waals surface area contributed by atoms with Gasteiger partial charge in [0.25, 0.3) is 0 Å². The van der Waals surface area contributed by atoms with Crippen LogP contribution in [0, 0.1) is 5.92 Å². The van der Waals surface area contributed by atoms with Crippen LogP contribution in [0.25, 0.3) is 0 Å². The van der Waals surface area contributed by atoms with Gasteiger partial charge in [0.05, 0.1) is 6.10 Å². The van der Waals surface area contributed by atoms with E-state index in [9.17, 15) is 0 Å². The summed E-state index contributed by atoms with van der Waals surface area (Å²) in [5.74, 6) is 0.317. The third-order valence-electron chi connectivity index (χ3n) is 1.64. The van der Waals surface area contributed by atoms with Crippen molar-refractivity contribution < 1.29 is 10.2 Å². The summed E-state index contributed by atoms with van der Waals surface area (Å²) in [6.45, 7) is 4.00. The molecule has 0 aliphatic carbocycles. The number of hydrogen-bond acceptors (Lipinski definition) is 2. The summed E-state index contributed by atoms with van der Waals surface area (Å²) >= 11 is 0. The van der Waals surface area contributed by atoms with Crippen molar-refractivity contribution in [2.24, 2.45) is 5.92 Å². The van der Waals surface area contributed by atoms with Crippen LogP contribution in [0.2, 0.25) is 0 Å². The van der Waals surface area contributed by atoms with Gasteiger partial charge in [-0.15, -0.1) is 0 Å². The smallest absolute Gasteiger partial charge is 0.0537 e. The van der Waals surface area contributed by atoms with E-state index >= 15 is 0 Å². The topological polar surface area (TPSA) is 40.5 Å². The highest BCUT2D eigenvalue weighted by Gasteiger charge is 2.06. The van der Waals surface area contributed by atoms with Crippen LogP contribution in [0.3, 0.4) is 0 Å². The minimum absolute atomic E-state index is 0.233. The van der Waals surface area contributed by atoms with E-state index in [4.69, 9.17) is 10.2 Å². The minimum atomic E-state index is -0.239. The highest BCUT2D eigenvalue weighted by molar-refractivity contribution is 4.57. The maximum Gasteiger partial charge on any atom is 0.0537 e. The molecule has 2 N–H and O–H groups in total. The largest absolute Gasteiger partial charge is 0.396 e. The Hall–Kier alpha value is -0.0800. The Morgan fingerprint density at radius 2 is 1.89 bits per heavy atom. The van der Waals surface area contributed by atoms with Gasteiger partial charge in [-0.1, -0.05) is 6.92 Å². The summed E-state index contributed by atoms with van der Waals surface area (Å²) in [6.07, 6.45) is 1.47. The lowest BCUT2D eigenvalue weighted by molar-refractivity contribution is 0.124. The third kappa shape index (κ3) is 4.43. The van der Waals surface area contributed by atoms with Crippen LogP contribution in [-0.4, -0.2) is 22.9 Å². The normalized spacial score (nSPS) is 17.3. The first-order valence-electron chi connectivity index (χ1n) is 3.47. The van der Waals surface area contributed by atoms with Crippen LogP contribution in [0.15, 0.2) is 0 Å². The van der Waals surface area contributed by atoms with E-state index in [0.29, 0.717) is 5.92 Å². The van der Waals surface area contributed by atoms with E-state index in [1.54, 1.807) is 6.92 Å². The van der Waals surface area contributed by atoms with E-state index in [1.165, 1.54) is 0 Å². The Kier molecular flexibility index (Phi) is 4.72. The fraction of sp³-hybridized carbons (Fsp3) is 1.00. The maximum atomic E-state index is 8.97. The first kappa shape index (κ1) is 8.92. The molecular formula is C7H16O2. The summed E-state index contributed by atoms with van der Waals surface area (Å²) in [5, 5.41) is 17.4. The predicted molar refractivity (Wildman–Crippen MR) is 37.2 cm³/mol. The molecule has 2 atom stereocenters. The molecule has 0 rings (SSSR count). The Morgan fingerprint density at radius 3 is 2.22 bits per heavy atom. The molecule has 0 aliphatic heterocycles. The standard InChI is InChI=1S/C7H16O2/c1-6(7(2)9)4-3-5-8/h6-9H,3-5H2,1-2H3. The van der Waals surface area contributed by atoms with Gasteiger partial charge in [-0.2, -0.15) is 0 Å². The Labute approximate surface area is 56.5 Å². The minimum Gasteiger partial charge on any atom is -0.396 e. The van der Waals surface area contributed by atoms with Gasteiger partial charge >= 0.3 is 0 Å². The van der Waals surface area contributed by atoms with Crippen molar-refractivity contribution in [2.75, 3.05) is 6.61 Å². The van der Waals surface area contributed by atoms with Gasteiger partial charge in [-0.05, 0) is 25.7 Å². The van der Waals surface area contributed by atoms with Crippen LogP contribution >= 0.6 is 0 Å². The molecule has 0 heterocycles. The zero-order valence-electron chi connectivity index (χ0n) is 6.17. The molecule has 0 aliphatic rings. The summed E-state index contributed by atoms with van der Waals surface area (Å²) in [6, 6.07) is 0. The van der Waals surface area contributed by atoms with E-state index in [-0.39, 0.29) is 12.7 Å². The third-order valence-corrected chi connectivity index (χ3v) is 1.64. The van der Waals surface area contributed by atoms with Gasteiger partial charge in [-0.3, -0.25) is 0 Å². The average molecular weight is 132 g/mol. The van der Waals surface area contributed by atoms with Gasteiger partial charge < -0.3 is 10.2 Å². The number of rotatable bonds is 4. The zero-order chi connectivity index (χ0) is 7.28. The zero-order valence-corrected chi connectivity index (χ0v) is 6.17. The number of hydrogen-bond donors (Lipinski definition) is 2. The van der Waals surface area contributed by atoms with Crippen molar-refractivity contribution >= 4 is 0 Å². The van der Waals surface area contributed by atoms with Crippen molar-refractivity contribution in [3.05, 3.63) is 0 Å². The first-order chi connectivity index (χ1) is 4.18. The molecule has 0 radical (unpaired) electrons. The monoisotopic (exact) mass is 132 g/mol. The van der Waals surface area contributed by atoms with Crippen LogP contribution in [0.5, 0.6) is 0 Å². The molecule has 2 heteroatoms. The van der Waals surface area contributed by atoms with E-state index in [0.717, 1.165) is 12.8 Å². The van der Waals surface area contributed by atoms with Crippen LogP contribution < -0.4 is 0 Å². The Morgan fingerprint density at radius 1 is 1.33 bits per heavy atom. The number of aliphatic hydroxyl groups excluding tert-OH is 2. The first-order valence-corrected chi connectivity index (χ1v) is 3.47. The quantitative estimate of drug-likeness (QED) is 0.593. The molecule has 0 amide bonds. The Bertz CT molecular complexity index is 61.9. The summed E-state index contributed by atoms with van der Waals surface area (Å²) < 4.78 is 0. The van der Waals surface area contributed by atoms with Crippen molar-refractivity contribution in [2.45, 2.75) is 32.8 Å². The van der Waals surface area contributed by atoms with Gasteiger partial charge in [-0.25, -0.2) is 0 Å². The molecule has 0 saturated carbocycles. The predicted octanol–water partition coefficient (Wildman–Crippen LogP) is 0.776. The molecule has 0 aromatic rings. The number of aliphatic hydroxyl groups is 2. The van der Waals surface area contributed by atoms with Gasteiger partial charge in [0.2, 0.25) is 0 Å². The van der Waals surface area contributed by atoms with E-state index in [2.05, 4.69) is 0 Å². The van der Waals surface area contributed by atoms with Crippen molar-refractivity contribution in [3.8, 4) is 0 Å². The fourth-order valence-electron chi connectivity index (χ4n) is 0.654.